The summed E-state index contributed by atoms with van der Waals surface area (Å²) in [6.45, 7) is 3.00. The lowest BCUT2D eigenvalue weighted by molar-refractivity contribution is 0.542. The molecule has 1 atom stereocenters. The maximum Gasteiger partial charge on any atom is 0.0409 e. The zero-order valence-electron chi connectivity index (χ0n) is 11.6. The summed E-state index contributed by atoms with van der Waals surface area (Å²) in [5.41, 5.74) is 11.9. The predicted octanol–water partition coefficient (Wildman–Crippen LogP) is 4.01. The van der Waals surface area contributed by atoms with Gasteiger partial charge in [-0.1, -0.05) is 29.8 Å². The van der Waals surface area contributed by atoms with Gasteiger partial charge in [0.25, 0.3) is 0 Å². The molecule has 3 heteroatoms. The number of hydrogen-bond donors (Lipinski definition) is 2. The maximum atomic E-state index is 6.10. The Morgan fingerprint density at radius 2 is 2.10 bits per heavy atom. The Bertz CT molecular complexity index is 637. The monoisotopic (exact) mass is 286 g/mol. The fourth-order valence-electron chi connectivity index (χ4n) is 2.86. The number of anilines is 1. The molecule has 1 aliphatic heterocycles. The molecule has 20 heavy (non-hydrogen) atoms. The molecule has 1 unspecified atom stereocenters. The highest BCUT2D eigenvalue weighted by Gasteiger charge is 2.21. The van der Waals surface area contributed by atoms with Crippen LogP contribution in [-0.2, 0) is 13.0 Å². The number of aryl methyl sites for hydroxylation is 2. The Labute approximate surface area is 125 Å². The number of nitrogen functional groups attached to an aromatic ring is 1. The number of fused-ring (bicyclic) bond motifs is 1. The van der Waals surface area contributed by atoms with E-state index in [9.17, 15) is 0 Å². The smallest absolute Gasteiger partial charge is 0.0409 e. The Morgan fingerprint density at radius 3 is 2.90 bits per heavy atom. The molecule has 3 rings (SSSR count). The van der Waals surface area contributed by atoms with Gasteiger partial charge >= 0.3 is 0 Å². The second-order valence-corrected chi connectivity index (χ2v) is 5.94. The van der Waals surface area contributed by atoms with Crippen molar-refractivity contribution in [1.29, 1.82) is 0 Å². The minimum Gasteiger partial charge on any atom is -0.399 e. The molecule has 0 aliphatic carbocycles. The van der Waals surface area contributed by atoms with Crippen molar-refractivity contribution in [2.24, 2.45) is 0 Å². The lowest BCUT2D eigenvalue weighted by Crippen LogP contribution is -2.12. The van der Waals surface area contributed by atoms with Gasteiger partial charge in [-0.2, -0.15) is 0 Å². The molecular weight excluding hydrogens is 268 g/mol. The topological polar surface area (TPSA) is 38.0 Å². The number of hydrogen-bond acceptors (Lipinski definition) is 2. The van der Waals surface area contributed by atoms with Crippen molar-refractivity contribution < 1.29 is 0 Å². The van der Waals surface area contributed by atoms with Crippen LogP contribution in [0.5, 0.6) is 0 Å². The molecule has 2 nitrogen and oxygen atoms in total. The number of rotatable bonds is 3. The van der Waals surface area contributed by atoms with Gasteiger partial charge in [-0.3, -0.25) is 0 Å². The van der Waals surface area contributed by atoms with Crippen molar-refractivity contribution in [3.8, 4) is 0 Å². The molecule has 2 aromatic carbocycles. The summed E-state index contributed by atoms with van der Waals surface area (Å²) in [5, 5.41) is 4.38. The largest absolute Gasteiger partial charge is 0.399 e. The summed E-state index contributed by atoms with van der Waals surface area (Å²) in [6.07, 6.45) is 2.13. The summed E-state index contributed by atoms with van der Waals surface area (Å²) < 4.78 is 0. The summed E-state index contributed by atoms with van der Waals surface area (Å²) >= 11 is 6.10. The minimum atomic E-state index is 0.404. The summed E-state index contributed by atoms with van der Waals surface area (Å²) in [6, 6.07) is 12.9. The fourth-order valence-corrected chi connectivity index (χ4v) is 3.04. The summed E-state index contributed by atoms with van der Waals surface area (Å²) in [7, 11) is 0. The maximum absolute atomic E-state index is 6.10. The summed E-state index contributed by atoms with van der Waals surface area (Å²) in [5.74, 6) is 0. The number of benzene rings is 2. The molecule has 2 aromatic rings. The average Bonchev–Trinajstić information content (AvgIpc) is 2.82. The van der Waals surface area contributed by atoms with Gasteiger partial charge in [0.05, 0.1) is 0 Å². The van der Waals surface area contributed by atoms with Crippen molar-refractivity contribution in [2.45, 2.75) is 32.4 Å². The van der Waals surface area contributed by atoms with Crippen LogP contribution < -0.4 is 11.1 Å². The van der Waals surface area contributed by atoms with E-state index in [1.807, 2.05) is 12.1 Å². The van der Waals surface area contributed by atoms with Gasteiger partial charge < -0.3 is 11.1 Å². The standard InChI is InChI=1S/C17H19ClN2/c1-11-8-12(2-6-16(11)19)3-7-17-15-9-14(18)5-4-13(15)10-20-17/h2,4-6,8-9,17,20H,3,7,10,19H2,1H3. The molecule has 104 valence electrons. The van der Waals surface area contributed by atoms with E-state index in [2.05, 4.69) is 36.5 Å². The molecule has 0 aromatic heterocycles. The van der Waals surface area contributed by atoms with Crippen molar-refractivity contribution >= 4 is 17.3 Å². The molecule has 0 saturated carbocycles. The lowest BCUT2D eigenvalue weighted by Gasteiger charge is -2.13. The molecular formula is C17H19ClN2. The van der Waals surface area contributed by atoms with Gasteiger partial charge in [0.2, 0.25) is 0 Å². The zero-order chi connectivity index (χ0) is 14.1. The second-order valence-electron chi connectivity index (χ2n) is 5.51. The number of halogens is 1. The first-order valence-electron chi connectivity index (χ1n) is 7.00. The number of nitrogens with two attached hydrogens (primary N) is 1. The van der Waals surface area contributed by atoms with Crippen molar-refractivity contribution in [3.63, 3.8) is 0 Å². The number of nitrogens with one attached hydrogen (secondary N) is 1. The van der Waals surface area contributed by atoms with Crippen LogP contribution in [0.25, 0.3) is 0 Å². The van der Waals surface area contributed by atoms with Crippen molar-refractivity contribution in [2.75, 3.05) is 5.73 Å². The normalized spacial score (nSPS) is 17.2. The first-order chi connectivity index (χ1) is 9.63. The molecule has 3 N–H and O–H groups in total. The fraction of sp³-hybridized carbons (Fsp3) is 0.294. The quantitative estimate of drug-likeness (QED) is 0.837. The van der Waals surface area contributed by atoms with E-state index in [4.69, 9.17) is 17.3 Å². The van der Waals surface area contributed by atoms with Crippen LogP contribution in [-0.4, -0.2) is 0 Å². The predicted molar refractivity (Wildman–Crippen MR) is 84.9 cm³/mol. The third-order valence-electron chi connectivity index (χ3n) is 4.08. The van der Waals surface area contributed by atoms with Gasteiger partial charge in [0, 0.05) is 23.3 Å². The summed E-state index contributed by atoms with van der Waals surface area (Å²) in [4.78, 5) is 0. The van der Waals surface area contributed by atoms with Crippen LogP contribution in [0.3, 0.4) is 0 Å². The highest BCUT2D eigenvalue weighted by Crippen LogP contribution is 2.31. The molecule has 0 radical (unpaired) electrons. The van der Waals surface area contributed by atoms with Gasteiger partial charge in [0.15, 0.2) is 0 Å². The first-order valence-corrected chi connectivity index (χ1v) is 7.38. The van der Waals surface area contributed by atoms with E-state index in [1.165, 1.54) is 16.7 Å². The molecule has 0 bridgehead atoms. The van der Waals surface area contributed by atoms with Crippen LogP contribution in [0.15, 0.2) is 36.4 Å². The van der Waals surface area contributed by atoms with Crippen LogP contribution >= 0.6 is 11.6 Å². The molecule has 0 saturated heterocycles. The van der Waals surface area contributed by atoms with Gasteiger partial charge in [-0.25, -0.2) is 0 Å². The average molecular weight is 287 g/mol. The molecule has 1 heterocycles. The highest BCUT2D eigenvalue weighted by molar-refractivity contribution is 6.30. The minimum absolute atomic E-state index is 0.404. The Balaban J connectivity index is 1.71. The molecule has 0 amide bonds. The second kappa shape index (κ2) is 5.47. The third kappa shape index (κ3) is 2.67. The lowest BCUT2D eigenvalue weighted by atomic mass is 9.98. The Hall–Kier alpha value is -1.51. The molecule has 0 spiro atoms. The first kappa shape index (κ1) is 13.5. The van der Waals surface area contributed by atoms with E-state index in [0.29, 0.717) is 6.04 Å². The van der Waals surface area contributed by atoms with Gasteiger partial charge in [-0.15, -0.1) is 0 Å². The van der Waals surface area contributed by atoms with Crippen LogP contribution in [0.1, 0.15) is 34.7 Å². The van der Waals surface area contributed by atoms with E-state index >= 15 is 0 Å². The van der Waals surface area contributed by atoms with Crippen molar-refractivity contribution in [1.82, 2.24) is 5.32 Å². The van der Waals surface area contributed by atoms with E-state index in [0.717, 1.165) is 35.7 Å². The van der Waals surface area contributed by atoms with Crippen molar-refractivity contribution in [3.05, 3.63) is 63.7 Å². The van der Waals surface area contributed by atoms with E-state index in [1.54, 1.807) is 0 Å². The van der Waals surface area contributed by atoms with Gasteiger partial charge in [0.1, 0.15) is 0 Å². The molecule has 1 aliphatic rings. The van der Waals surface area contributed by atoms with Gasteiger partial charge in [-0.05, 0) is 60.2 Å². The van der Waals surface area contributed by atoms with Crippen LogP contribution in [0.4, 0.5) is 5.69 Å². The third-order valence-corrected chi connectivity index (χ3v) is 4.31. The van der Waals surface area contributed by atoms with Crippen LogP contribution in [0.2, 0.25) is 5.02 Å². The SMILES string of the molecule is Cc1cc(CCC2NCc3ccc(Cl)cc32)ccc1N. The van der Waals surface area contributed by atoms with Crippen LogP contribution in [0, 0.1) is 6.92 Å². The Morgan fingerprint density at radius 1 is 1.25 bits per heavy atom. The van der Waals surface area contributed by atoms with E-state index in [-0.39, 0.29) is 0 Å². The zero-order valence-corrected chi connectivity index (χ0v) is 12.4. The Kier molecular flexibility index (Phi) is 3.68. The molecule has 0 fully saturated rings. The van der Waals surface area contributed by atoms with E-state index < -0.39 is 0 Å². The highest BCUT2D eigenvalue weighted by atomic mass is 35.5.